The number of hydrogen-bond donors (Lipinski definition) is 1. The first-order chi connectivity index (χ1) is 10.7. The fraction of sp³-hybridized carbons (Fsp3) is 0.118. The normalized spacial score (nSPS) is 10.6. The number of halogens is 1. The molecule has 0 fully saturated rings. The number of benzene rings is 2. The Hall–Kier alpha value is -2.46. The molecule has 0 amide bonds. The van der Waals surface area contributed by atoms with Gasteiger partial charge >= 0.3 is 0 Å². The number of nitrogens with two attached hydrogens (primary N) is 1. The Bertz CT molecular complexity index is 764. The van der Waals surface area contributed by atoms with Crippen molar-refractivity contribution in [3.8, 4) is 17.0 Å². The van der Waals surface area contributed by atoms with Gasteiger partial charge in [-0.1, -0.05) is 35.9 Å². The van der Waals surface area contributed by atoms with Crippen molar-refractivity contribution in [2.45, 2.75) is 6.54 Å². The number of nitrogens with zero attached hydrogens (tertiary/aromatic N) is 2. The van der Waals surface area contributed by atoms with E-state index in [1.54, 1.807) is 13.3 Å². The van der Waals surface area contributed by atoms with Gasteiger partial charge in [0, 0.05) is 5.02 Å². The number of anilines is 1. The molecule has 2 N–H and O–H groups in total. The summed E-state index contributed by atoms with van der Waals surface area (Å²) in [6, 6.07) is 15.5. The lowest BCUT2D eigenvalue weighted by Gasteiger charge is -2.11. The lowest BCUT2D eigenvalue weighted by molar-refractivity contribution is 0.414. The molecule has 2 aromatic carbocycles. The Kier molecular flexibility index (Phi) is 4.02. The predicted molar refractivity (Wildman–Crippen MR) is 89.2 cm³/mol. The van der Waals surface area contributed by atoms with Gasteiger partial charge in [0.05, 0.1) is 25.5 Å². The molecule has 0 saturated heterocycles. The van der Waals surface area contributed by atoms with E-state index in [1.165, 1.54) is 0 Å². The van der Waals surface area contributed by atoms with Crippen molar-refractivity contribution in [2.24, 2.45) is 0 Å². The largest absolute Gasteiger partial charge is 0.497 e. The van der Waals surface area contributed by atoms with E-state index in [2.05, 4.69) is 4.98 Å². The first-order valence-corrected chi connectivity index (χ1v) is 7.25. The minimum atomic E-state index is 0.487. The van der Waals surface area contributed by atoms with Crippen LogP contribution in [-0.4, -0.2) is 16.7 Å². The topological polar surface area (TPSA) is 53.1 Å². The van der Waals surface area contributed by atoms with Crippen LogP contribution in [0.5, 0.6) is 5.75 Å². The molecule has 0 bridgehead atoms. The van der Waals surface area contributed by atoms with E-state index < -0.39 is 0 Å². The summed E-state index contributed by atoms with van der Waals surface area (Å²) >= 11 is 5.94. The zero-order valence-corrected chi connectivity index (χ0v) is 12.9. The van der Waals surface area contributed by atoms with Crippen LogP contribution in [0, 0.1) is 0 Å². The van der Waals surface area contributed by atoms with Crippen molar-refractivity contribution in [1.29, 1.82) is 0 Å². The zero-order chi connectivity index (χ0) is 15.5. The minimum absolute atomic E-state index is 0.487. The Labute approximate surface area is 134 Å². The summed E-state index contributed by atoms with van der Waals surface area (Å²) in [5.74, 6) is 1.32. The molecule has 0 atom stereocenters. The second-order valence-corrected chi connectivity index (χ2v) is 5.38. The maximum atomic E-state index is 6.01. The van der Waals surface area contributed by atoms with Gasteiger partial charge in [0.25, 0.3) is 0 Å². The van der Waals surface area contributed by atoms with Crippen LogP contribution in [0.1, 0.15) is 5.56 Å². The molecule has 112 valence electrons. The van der Waals surface area contributed by atoms with E-state index in [-0.39, 0.29) is 0 Å². The number of rotatable bonds is 4. The molecule has 5 heteroatoms. The second-order valence-electron chi connectivity index (χ2n) is 4.94. The lowest BCUT2D eigenvalue weighted by Crippen LogP contribution is -2.06. The molecule has 0 aliphatic carbocycles. The van der Waals surface area contributed by atoms with Gasteiger partial charge in [0.1, 0.15) is 5.75 Å². The summed E-state index contributed by atoms with van der Waals surface area (Å²) in [6.07, 6.45) is 1.78. The molecule has 0 aliphatic heterocycles. The summed E-state index contributed by atoms with van der Waals surface area (Å²) in [4.78, 5) is 4.23. The van der Waals surface area contributed by atoms with Gasteiger partial charge in [-0.2, -0.15) is 0 Å². The Morgan fingerprint density at radius 3 is 2.41 bits per heavy atom. The maximum absolute atomic E-state index is 6.01. The third-order valence-corrected chi connectivity index (χ3v) is 3.78. The van der Waals surface area contributed by atoms with Gasteiger partial charge in [-0.05, 0) is 35.4 Å². The quantitative estimate of drug-likeness (QED) is 0.796. The average molecular weight is 314 g/mol. The van der Waals surface area contributed by atoms with E-state index in [9.17, 15) is 0 Å². The number of imidazole rings is 1. The highest BCUT2D eigenvalue weighted by atomic mass is 35.5. The van der Waals surface area contributed by atoms with Crippen molar-refractivity contribution in [2.75, 3.05) is 12.8 Å². The SMILES string of the molecule is COc1ccc(Cn2c(-c3ccc(Cl)cc3)cnc2N)cc1. The molecule has 0 unspecified atom stereocenters. The highest BCUT2D eigenvalue weighted by molar-refractivity contribution is 6.30. The fourth-order valence-electron chi connectivity index (χ4n) is 2.32. The van der Waals surface area contributed by atoms with Crippen molar-refractivity contribution < 1.29 is 4.74 Å². The molecular formula is C17H16ClN3O. The standard InChI is InChI=1S/C17H16ClN3O/c1-22-15-8-2-12(3-9-15)11-21-16(10-20-17(21)19)13-4-6-14(18)7-5-13/h2-10H,11H2,1H3,(H2,19,20). The van der Waals surface area contributed by atoms with Crippen molar-refractivity contribution >= 4 is 17.5 Å². The highest BCUT2D eigenvalue weighted by Crippen LogP contribution is 2.25. The number of methoxy groups -OCH3 is 1. The van der Waals surface area contributed by atoms with Gasteiger partial charge in [0.15, 0.2) is 0 Å². The molecule has 0 saturated carbocycles. The minimum Gasteiger partial charge on any atom is -0.497 e. The fourth-order valence-corrected chi connectivity index (χ4v) is 2.45. The number of aromatic nitrogens is 2. The molecule has 22 heavy (non-hydrogen) atoms. The Morgan fingerprint density at radius 1 is 1.09 bits per heavy atom. The molecule has 3 rings (SSSR count). The monoisotopic (exact) mass is 313 g/mol. The van der Waals surface area contributed by atoms with E-state index in [0.29, 0.717) is 17.5 Å². The van der Waals surface area contributed by atoms with E-state index in [1.807, 2.05) is 53.1 Å². The Morgan fingerprint density at radius 2 is 1.77 bits per heavy atom. The molecule has 0 aliphatic rings. The van der Waals surface area contributed by atoms with Crippen molar-refractivity contribution in [1.82, 2.24) is 9.55 Å². The predicted octanol–water partition coefficient (Wildman–Crippen LogP) is 3.84. The van der Waals surface area contributed by atoms with Gasteiger partial charge in [-0.15, -0.1) is 0 Å². The molecule has 1 aromatic heterocycles. The van der Waals surface area contributed by atoms with Crippen molar-refractivity contribution in [3.05, 3.63) is 65.3 Å². The molecule has 0 spiro atoms. The van der Waals surface area contributed by atoms with E-state index in [4.69, 9.17) is 22.1 Å². The van der Waals surface area contributed by atoms with Crippen LogP contribution in [0.4, 0.5) is 5.95 Å². The third kappa shape index (κ3) is 2.92. The number of hydrogen-bond acceptors (Lipinski definition) is 3. The number of nitrogen functional groups attached to an aromatic ring is 1. The molecule has 4 nitrogen and oxygen atoms in total. The van der Waals surface area contributed by atoms with Gasteiger partial charge < -0.3 is 15.0 Å². The zero-order valence-electron chi connectivity index (χ0n) is 12.2. The average Bonchev–Trinajstić information content (AvgIpc) is 2.90. The third-order valence-electron chi connectivity index (χ3n) is 3.53. The summed E-state index contributed by atoms with van der Waals surface area (Å²) in [5.41, 5.74) is 9.13. The van der Waals surface area contributed by atoms with E-state index in [0.717, 1.165) is 22.6 Å². The van der Waals surface area contributed by atoms with Crippen molar-refractivity contribution in [3.63, 3.8) is 0 Å². The lowest BCUT2D eigenvalue weighted by atomic mass is 10.1. The summed E-state index contributed by atoms with van der Waals surface area (Å²) in [6.45, 7) is 0.647. The second kappa shape index (κ2) is 6.12. The molecular weight excluding hydrogens is 298 g/mol. The molecule has 0 radical (unpaired) electrons. The van der Waals surface area contributed by atoms with Gasteiger partial charge in [-0.3, -0.25) is 0 Å². The highest BCUT2D eigenvalue weighted by Gasteiger charge is 2.10. The smallest absolute Gasteiger partial charge is 0.200 e. The summed E-state index contributed by atoms with van der Waals surface area (Å²) in [5, 5.41) is 0.706. The van der Waals surface area contributed by atoms with Crippen LogP contribution in [0.3, 0.4) is 0 Å². The van der Waals surface area contributed by atoms with Crippen LogP contribution < -0.4 is 10.5 Å². The van der Waals surface area contributed by atoms with Crippen LogP contribution in [0.25, 0.3) is 11.3 Å². The molecule has 3 aromatic rings. The van der Waals surface area contributed by atoms with Gasteiger partial charge in [-0.25, -0.2) is 4.98 Å². The maximum Gasteiger partial charge on any atom is 0.200 e. The molecule has 1 heterocycles. The van der Waals surface area contributed by atoms with Crippen LogP contribution in [0.15, 0.2) is 54.7 Å². The van der Waals surface area contributed by atoms with Gasteiger partial charge in [0.2, 0.25) is 5.95 Å². The van der Waals surface area contributed by atoms with E-state index >= 15 is 0 Å². The van der Waals surface area contributed by atoms with Crippen LogP contribution in [-0.2, 0) is 6.54 Å². The van der Waals surface area contributed by atoms with Crippen LogP contribution in [0.2, 0.25) is 5.02 Å². The summed E-state index contributed by atoms with van der Waals surface area (Å²) in [7, 11) is 1.65. The first-order valence-electron chi connectivity index (χ1n) is 6.87. The first kappa shape index (κ1) is 14.5. The van der Waals surface area contributed by atoms with Crippen LogP contribution >= 0.6 is 11.6 Å². The summed E-state index contributed by atoms with van der Waals surface area (Å²) < 4.78 is 7.15. The Balaban J connectivity index is 1.93. The number of ether oxygens (including phenoxy) is 1.